The van der Waals surface area contributed by atoms with Gasteiger partial charge in [-0.2, -0.15) is 0 Å². The van der Waals surface area contributed by atoms with Crippen LogP contribution in [0.4, 0.5) is 0 Å². The van der Waals surface area contributed by atoms with Gasteiger partial charge in [-0.15, -0.1) is 0 Å². The van der Waals surface area contributed by atoms with Crippen molar-refractivity contribution in [3.8, 4) is 0 Å². The molecule has 0 bridgehead atoms. The van der Waals surface area contributed by atoms with Crippen LogP contribution < -0.4 is 0 Å². The molecule has 0 aromatic heterocycles. The third kappa shape index (κ3) is 2.97. The number of amides is 1. The summed E-state index contributed by atoms with van der Waals surface area (Å²) in [5.41, 5.74) is 0.291. The maximum Gasteiger partial charge on any atom is 0.255 e. The van der Waals surface area contributed by atoms with Crippen molar-refractivity contribution in [1.29, 1.82) is 0 Å². The quantitative estimate of drug-likeness (QED) is 0.834. The smallest absolute Gasteiger partial charge is 0.255 e. The lowest BCUT2D eigenvalue weighted by Gasteiger charge is -2.33. The van der Waals surface area contributed by atoms with Crippen LogP contribution in [0.25, 0.3) is 0 Å². The Morgan fingerprint density at radius 3 is 2.58 bits per heavy atom. The number of hydrogen-bond acceptors (Lipinski definition) is 3. The van der Waals surface area contributed by atoms with E-state index in [1.807, 2.05) is 6.92 Å². The Bertz CT molecular complexity index is 580. The fourth-order valence-corrected chi connectivity index (χ4v) is 3.40. The highest BCUT2D eigenvalue weighted by Crippen LogP contribution is 2.22. The van der Waals surface area contributed by atoms with Gasteiger partial charge in [0.1, 0.15) is 0 Å². The Labute approximate surface area is 114 Å². The molecular formula is C14H19NO3S. The topological polar surface area (TPSA) is 54.5 Å². The maximum absolute atomic E-state index is 12.5. The van der Waals surface area contributed by atoms with Crippen LogP contribution in [0, 0.1) is 0 Å². The molecule has 2 rings (SSSR count). The Morgan fingerprint density at radius 2 is 1.95 bits per heavy atom. The molecule has 0 radical (unpaired) electrons. The van der Waals surface area contributed by atoms with Crippen LogP contribution in [0.2, 0.25) is 0 Å². The van der Waals surface area contributed by atoms with E-state index in [9.17, 15) is 13.2 Å². The number of carbonyl (C=O) groups excluding carboxylic acids is 1. The van der Waals surface area contributed by atoms with Gasteiger partial charge in [-0.1, -0.05) is 12.1 Å². The van der Waals surface area contributed by atoms with Gasteiger partial charge in [-0.05, 0) is 38.3 Å². The van der Waals surface area contributed by atoms with Gasteiger partial charge in [0.15, 0.2) is 9.84 Å². The van der Waals surface area contributed by atoms with Crippen LogP contribution in [0.5, 0.6) is 0 Å². The Morgan fingerprint density at radius 1 is 1.26 bits per heavy atom. The number of piperidine rings is 1. The predicted molar refractivity (Wildman–Crippen MR) is 73.9 cm³/mol. The number of rotatable bonds is 2. The van der Waals surface area contributed by atoms with Gasteiger partial charge in [0.2, 0.25) is 0 Å². The first-order chi connectivity index (χ1) is 8.91. The van der Waals surface area contributed by atoms with E-state index >= 15 is 0 Å². The molecule has 1 amide bonds. The van der Waals surface area contributed by atoms with Crippen LogP contribution in [0.3, 0.4) is 0 Å². The molecule has 1 heterocycles. The van der Waals surface area contributed by atoms with E-state index in [4.69, 9.17) is 0 Å². The highest BCUT2D eigenvalue weighted by molar-refractivity contribution is 7.90. The summed E-state index contributed by atoms with van der Waals surface area (Å²) in [4.78, 5) is 14.4. The number of hydrogen-bond donors (Lipinski definition) is 0. The second-order valence-corrected chi connectivity index (χ2v) is 7.10. The molecule has 0 unspecified atom stereocenters. The van der Waals surface area contributed by atoms with Crippen LogP contribution in [0.15, 0.2) is 29.2 Å². The molecule has 5 heteroatoms. The summed E-state index contributed by atoms with van der Waals surface area (Å²) in [5.74, 6) is -0.173. The molecule has 0 aliphatic carbocycles. The number of likely N-dealkylation sites (tertiary alicyclic amines) is 1. The molecule has 1 fully saturated rings. The zero-order chi connectivity index (χ0) is 14.0. The highest BCUT2D eigenvalue weighted by Gasteiger charge is 2.27. The lowest BCUT2D eigenvalue weighted by Crippen LogP contribution is -2.42. The summed E-state index contributed by atoms with van der Waals surface area (Å²) < 4.78 is 23.5. The Hall–Kier alpha value is -1.36. The molecule has 0 saturated carbocycles. The van der Waals surface area contributed by atoms with Gasteiger partial charge in [-0.25, -0.2) is 8.42 Å². The summed E-state index contributed by atoms with van der Waals surface area (Å²) in [6, 6.07) is 6.62. The average Bonchev–Trinajstić information content (AvgIpc) is 2.37. The summed E-state index contributed by atoms with van der Waals surface area (Å²) in [7, 11) is -3.38. The van der Waals surface area contributed by atoms with E-state index in [1.165, 1.54) is 6.07 Å². The van der Waals surface area contributed by atoms with Gasteiger partial charge in [0, 0.05) is 18.8 Å². The third-order valence-corrected chi connectivity index (χ3v) is 4.74. The molecular weight excluding hydrogens is 262 g/mol. The summed E-state index contributed by atoms with van der Waals surface area (Å²) in [6.07, 6.45) is 4.22. The van der Waals surface area contributed by atoms with Gasteiger partial charge >= 0.3 is 0 Å². The second kappa shape index (κ2) is 5.33. The molecule has 1 atom stereocenters. The minimum absolute atomic E-state index is 0.123. The van der Waals surface area contributed by atoms with Gasteiger partial charge in [-0.3, -0.25) is 4.79 Å². The standard InChI is InChI=1S/C14H19NO3S/c1-11-7-5-6-10-15(11)14(16)12-8-3-4-9-13(12)19(2,17)18/h3-4,8-9,11H,5-7,10H2,1-2H3/t11-/m1/s1. The minimum Gasteiger partial charge on any atom is -0.336 e. The molecule has 0 N–H and O–H groups in total. The van der Waals surface area contributed by atoms with E-state index < -0.39 is 9.84 Å². The molecule has 4 nitrogen and oxygen atoms in total. The lowest BCUT2D eigenvalue weighted by molar-refractivity contribution is 0.0631. The largest absolute Gasteiger partial charge is 0.336 e. The zero-order valence-corrected chi connectivity index (χ0v) is 12.1. The molecule has 19 heavy (non-hydrogen) atoms. The first-order valence-corrected chi connectivity index (χ1v) is 8.40. The monoisotopic (exact) mass is 281 g/mol. The first kappa shape index (κ1) is 14.1. The average molecular weight is 281 g/mol. The number of nitrogens with zero attached hydrogens (tertiary/aromatic N) is 1. The van der Waals surface area contributed by atoms with Crippen LogP contribution in [-0.4, -0.2) is 38.1 Å². The first-order valence-electron chi connectivity index (χ1n) is 6.51. The third-order valence-electron chi connectivity index (χ3n) is 3.58. The molecule has 1 aromatic rings. The summed E-state index contributed by atoms with van der Waals surface area (Å²) in [6.45, 7) is 2.72. The second-order valence-electron chi connectivity index (χ2n) is 5.11. The van der Waals surface area contributed by atoms with Crippen molar-refractivity contribution in [1.82, 2.24) is 4.90 Å². The van der Waals surface area contributed by atoms with Crippen molar-refractivity contribution in [2.75, 3.05) is 12.8 Å². The fraction of sp³-hybridized carbons (Fsp3) is 0.500. The number of benzene rings is 1. The Balaban J connectivity index is 2.39. The Kier molecular flexibility index (Phi) is 3.94. The van der Waals surface area contributed by atoms with E-state index in [1.54, 1.807) is 23.1 Å². The predicted octanol–water partition coefficient (Wildman–Crippen LogP) is 2.10. The van der Waals surface area contributed by atoms with Crippen LogP contribution in [0.1, 0.15) is 36.5 Å². The number of carbonyl (C=O) groups is 1. The zero-order valence-electron chi connectivity index (χ0n) is 11.3. The van der Waals surface area contributed by atoms with Crippen molar-refractivity contribution < 1.29 is 13.2 Å². The van der Waals surface area contributed by atoms with Crippen LogP contribution in [-0.2, 0) is 9.84 Å². The fourth-order valence-electron chi connectivity index (χ4n) is 2.52. The molecule has 104 valence electrons. The van der Waals surface area contributed by atoms with Crippen molar-refractivity contribution in [2.45, 2.75) is 37.1 Å². The van der Waals surface area contributed by atoms with Crippen LogP contribution >= 0.6 is 0 Å². The SMILES string of the molecule is C[C@@H]1CCCCN1C(=O)c1ccccc1S(C)(=O)=O. The normalized spacial score (nSPS) is 20.3. The number of sulfone groups is 1. The van der Waals surface area contributed by atoms with Crippen molar-refractivity contribution >= 4 is 15.7 Å². The van der Waals surface area contributed by atoms with Gasteiger partial charge < -0.3 is 4.90 Å². The van der Waals surface area contributed by atoms with E-state index in [0.717, 1.165) is 25.5 Å². The molecule has 1 aromatic carbocycles. The summed E-state index contributed by atoms with van der Waals surface area (Å²) >= 11 is 0. The molecule has 1 aliphatic rings. The molecule has 1 aliphatic heterocycles. The minimum atomic E-state index is -3.38. The van der Waals surface area contributed by atoms with Crippen molar-refractivity contribution in [3.63, 3.8) is 0 Å². The van der Waals surface area contributed by atoms with Gasteiger partial charge in [0.25, 0.3) is 5.91 Å². The summed E-state index contributed by atoms with van der Waals surface area (Å²) in [5, 5.41) is 0. The van der Waals surface area contributed by atoms with E-state index in [2.05, 4.69) is 0 Å². The maximum atomic E-state index is 12.5. The highest BCUT2D eigenvalue weighted by atomic mass is 32.2. The molecule has 1 saturated heterocycles. The lowest BCUT2D eigenvalue weighted by atomic mass is 10.0. The van der Waals surface area contributed by atoms with E-state index in [0.29, 0.717) is 12.1 Å². The van der Waals surface area contributed by atoms with Crippen molar-refractivity contribution in [3.05, 3.63) is 29.8 Å². The van der Waals surface area contributed by atoms with E-state index in [-0.39, 0.29) is 16.8 Å². The van der Waals surface area contributed by atoms with Crippen molar-refractivity contribution in [2.24, 2.45) is 0 Å². The molecule has 0 spiro atoms. The van der Waals surface area contributed by atoms with Gasteiger partial charge in [0.05, 0.1) is 10.5 Å².